The Hall–Kier alpha value is -0.140. The third kappa shape index (κ3) is 7.72. The Bertz CT molecular complexity index is 223. The summed E-state index contributed by atoms with van der Waals surface area (Å²) in [7, 11) is 0. The minimum atomic E-state index is -0.524. The van der Waals surface area contributed by atoms with Gasteiger partial charge in [0.25, 0.3) is 0 Å². The fourth-order valence-corrected chi connectivity index (χ4v) is 1.51. The molecular formula is C10H16Br2O5. The summed E-state index contributed by atoms with van der Waals surface area (Å²) in [4.78, 5) is 21.4. The van der Waals surface area contributed by atoms with Gasteiger partial charge in [-0.3, -0.25) is 9.59 Å². The van der Waals surface area contributed by atoms with Crippen LogP contribution in [0.4, 0.5) is 0 Å². The van der Waals surface area contributed by atoms with Gasteiger partial charge in [0.2, 0.25) is 0 Å². The van der Waals surface area contributed by atoms with E-state index in [9.17, 15) is 9.59 Å². The summed E-state index contributed by atoms with van der Waals surface area (Å²) in [5.41, 5.74) is 0. The molecule has 0 saturated heterocycles. The molecule has 0 rings (SSSR count). The normalized spacial score (nSPS) is 13.9. The predicted molar refractivity (Wildman–Crippen MR) is 69.5 cm³/mol. The van der Waals surface area contributed by atoms with Crippen molar-refractivity contribution >= 4 is 43.8 Å². The van der Waals surface area contributed by atoms with Crippen LogP contribution in [0.1, 0.15) is 13.8 Å². The molecule has 0 aromatic rings. The van der Waals surface area contributed by atoms with E-state index in [0.717, 1.165) is 0 Å². The van der Waals surface area contributed by atoms with E-state index in [1.54, 1.807) is 13.8 Å². The van der Waals surface area contributed by atoms with Crippen molar-refractivity contribution in [3.8, 4) is 0 Å². The molecule has 0 aromatic heterocycles. The molecule has 0 saturated carbocycles. The van der Waals surface area contributed by atoms with Crippen LogP contribution in [0.3, 0.4) is 0 Å². The summed E-state index contributed by atoms with van der Waals surface area (Å²) in [5.74, 6) is -0.760. The smallest absolute Gasteiger partial charge is 0.322 e. The van der Waals surface area contributed by atoms with Crippen molar-refractivity contribution in [1.29, 1.82) is 0 Å². The third-order valence-electron chi connectivity index (χ3n) is 1.61. The molecule has 0 spiro atoms. The molecule has 0 aliphatic carbocycles. The van der Waals surface area contributed by atoms with Crippen LogP contribution >= 0.6 is 31.9 Å². The summed E-state index contributed by atoms with van der Waals surface area (Å²) >= 11 is 6.26. The first-order valence-electron chi connectivity index (χ1n) is 5.22. The van der Waals surface area contributed by atoms with Crippen LogP contribution in [0.2, 0.25) is 0 Å². The minimum Gasteiger partial charge on any atom is -0.465 e. The Morgan fingerprint density at radius 3 is 1.59 bits per heavy atom. The molecule has 0 aliphatic rings. The van der Waals surface area contributed by atoms with Gasteiger partial charge in [0, 0.05) is 0 Å². The Labute approximate surface area is 117 Å². The van der Waals surface area contributed by atoms with Gasteiger partial charge < -0.3 is 14.2 Å². The number of hydrogen-bond donors (Lipinski definition) is 0. The highest BCUT2D eigenvalue weighted by Gasteiger charge is 2.19. The number of ether oxygens (including phenoxy) is 3. The van der Waals surface area contributed by atoms with Gasteiger partial charge in [0.05, 0.1) is 26.4 Å². The molecule has 2 atom stereocenters. The highest BCUT2D eigenvalue weighted by Crippen LogP contribution is 2.07. The molecule has 0 bridgehead atoms. The summed E-state index contributed by atoms with van der Waals surface area (Å²) in [6, 6.07) is 0. The van der Waals surface area contributed by atoms with Gasteiger partial charge in [-0.25, -0.2) is 0 Å². The average molecular weight is 376 g/mol. The molecule has 0 radical (unpaired) electrons. The summed E-state index contributed by atoms with van der Waals surface area (Å²) < 4.78 is 14.8. The van der Waals surface area contributed by atoms with Gasteiger partial charge >= 0.3 is 11.9 Å². The van der Waals surface area contributed by atoms with Gasteiger partial charge in [0.15, 0.2) is 0 Å². The molecule has 7 heteroatoms. The van der Waals surface area contributed by atoms with Crippen molar-refractivity contribution in [1.82, 2.24) is 0 Å². The molecule has 2 unspecified atom stereocenters. The van der Waals surface area contributed by atoms with E-state index in [2.05, 4.69) is 31.9 Å². The second-order valence-electron chi connectivity index (χ2n) is 2.98. The van der Waals surface area contributed by atoms with Crippen LogP contribution in [-0.2, 0) is 23.8 Å². The van der Waals surface area contributed by atoms with Crippen LogP contribution in [0.5, 0.6) is 0 Å². The van der Waals surface area contributed by atoms with Crippen molar-refractivity contribution in [2.75, 3.05) is 26.4 Å². The first-order chi connectivity index (χ1) is 8.02. The van der Waals surface area contributed by atoms with E-state index >= 15 is 0 Å². The van der Waals surface area contributed by atoms with E-state index in [0.29, 0.717) is 13.2 Å². The number of esters is 2. The largest absolute Gasteiger partial charge is 0.465 e. The fraction of sp³-hybridized carbons (Fsp3) is 0.800. The highest BCUT2D eigenvalue weighted by molar-refractivity contribution is 9.10. The second kappa shape index (κ2) is 9.85. The molecule has 5 nitrogen and oxygen atoms in total. The van der Waals surface area contributed by atoms with Gasteiger partial charge in [-0.15, -0.1) is 0 Å². The third-order valence-corrected chi connectivity index (χ3v) is 2.89. The maximum atomic E-state index is 11.2. The monoisotopic (exact) mass is 374 g/mol. The topological polar surface area (TPSA) is 61.8 Å². The van der Waals surface area contributed by atoms with Crippen molar-refractivity contribution < 1.29 is 23.8 Å². The summed E-state index contributed by atoms with van der Waals surface area (Å²) in [6.07, 6.45) is 0. The van der Waals surface area contributed by atoms with Gasteiger partial charge in [0.1, 0.15) is 9.65 Å². The maximum Gasteiger partial charge on any atom is 0.322 e. The lowest BCUT2D eigenvalue weighted by Gasteiger charge is -2.12. The minimum absolute atomic E-state index is 0.139. The van der Waals surface area contributed by atoms with Crippen molar-refractivity contribution in [3.05, 3.63) is 0 Å². The maximum absolute atomic E-state index is 11.2. The standard InChI is InChI=1S/C10H16Br2O5/c1-3-16-9(13)7(11)5-15-6-8(12)10(14)17-4-2/h7-8H,3-6H2,1-2H3. The van der Waals surface area contributed by atoms with Gasteiger partial charge in [-0.1, -0.05) is 31.9 Å². The molecule has 0 N–H and O–H groups in total. The molecule has 100 valence electrons. The van der Waals surface area contributed by atoms with E-state index in [4.69, 9.17) is 14.2 Å². The first-order valence-corrected chi connectivity index (χ1v) is 7.05. The Balaban J connectivity index is 3.75. The molecular weight excluding hydrogens is 360 g/mol. The van der Waals surface area contributed by atoms with E-state index in [-0.39, 0.29) is 25.2 Å². The summed E-state index contributed by atoms with van der Waals surface area (Å²) in [6.45, 7) is 4.39. The van der Waals surface area contributed by atoms with Crippen LogP contribution < -0.4 is 0 Å². The number of alkyl halides is 2. The lowest BCUT2D eigenvalue weighted by molar-refractivity contribution is -0.144. The summed E-state index contributed by atoms with van der Waals surface area (Å²) in [5, 5.41) is 0. The molecule has 17 heavy (non-hydrogen) atoms. The van der Waals surface area contributed by atoms with E-state index in [1.165, 1.54) is 0 Å². The van der Waals surface area contributed by atoms with E-state index < -0.39 is 9.65 Å². The van der Waals surface area contributed by atoms with E-state index in [1.807, 2.05) is 0 Å². The number of halogens is 2. The van der Waals surface area contributed by atoms with Crippen molar-refractivity contribution in [2.45, 2.75) is 23.5 Å². The van der Waals surface area contributed by atoms with Crippen LogP contribution in [-0.4, -0.2) is 48.0 Å². The van der Waals surface area contributed by atoms with Crippen LogP contribution in [0.25, 0.3) is 0 Å². The second-order valence-corrected chi connectivity index (χ2v) is 5.19. The fourth-order valence-electron chi connectivity index (χ4n) is 0.876. The Kier molecular flexibility index (Phi) is 9.76. The van der Waals surface area contributed by atoms with Crippen molar-refractivity contribution in [2.24, 2.45) is 0 Å². The number of carbonyl (C=O) groups excluding carboxylic acids is 2. The molecule has 0 amide bonds. The molecule has 0 aliphatic heterocycles. The van der Waals surface area contributed by atoms with Crippen LogP contribution in [0.15, 0.2) is 0 Å². The predicted octanol–water partition coefficient (Wildman–Crippen LogP) is 1.66. The number of rotatable bonds is 8. The van der Waals surface area contributed by atoms with Crippen LogP contribution in [0, 0.1) is 0 Å². The van der Waals surface area contributed by atoms with Gasteiger partial charge in [-0.05, 0) is 13.8 Å². The zero-order valence-corrected chi connectivity index (χ0v) is 13.0. The van der Waals surface area contributed by atoms with Gasteiger partial charge in [-0.2, -0.15) is 0 Å². The average Bonchev–Trinajstić information content (AvgIpc) is 2.29. The Morgan fingerprint density at radius 1 is 0.941 bits per heavy atom. The zero-order valence-electron chi connectivity index (χ0n) is 9.78. The van der Waals surface area contributed by atoms with Crippen molar-refractivity contribution in [3.63, 3.8) is 0 Å². The lowest BCUT2D eigenvalue weighted by Crippen LogP contribution is -2.27. The first kappa shape index (κ1) is 16.9. The molecule has 0 fully saturated rings. The highest BCUT2D eigenvalue weighted by atomic mass is 79.9. The number of carbonyl (C=O) groups is 2. The molecule has 0 heterocycles. The SMILES string of the molecule is CCOC(=O)C(Br)COCC(Br)C(=O)OCC. The quantitative estimate of drug-likeness (QED) is 0.477. The molecule has 0 aromatic carbocycles. The Morgan fingerprint density at radius 2 is 1.29 bits per heavy atom. The lowest BCUT2D eigenvalue weighted by atomic mass is 10.4. The number of hydrogen-bond acceptors (Lipinski definition) is 5. The zero-order chi connectivity index (χ0) is 13.3.